The fraction of sp³-hybridized carbons (Fsp3) is 0.413. The van der Waals surface area contributed by atoms with E-state index >= 15 is 0 Å². The van der Waals surface area contributed by atoms with Gasteiger partial charge in [-0.1, -0.05) is 12.1 Å². The van der Waals surface area contributed by atoms with Gasteiger partial charge in [0.05, 0.1) is 17.8 Å². The van der Waals surface area contributed by atoms with Crippen LogP contribution in [0.25, 0.3) is 27.8 Å². The molecule has 3 amide bonds. The van der Waals surface area contributed by atoms with Crippen molar-refractivity contribution in [2.45, 2.75) is 58.1 Å². The Morgan fingerprint density at radius 3 is 2.51 bits per heavy atom. The number of aromatic nitrogens is 7. The molecule has 0 spiro atoms. The van der Waals surface area contributed by atoms with Gasteiger partial charge in [0.25, 0.3) is 5.56 Å². The number of aryl methyl sites for hydroxylation is 3. The van der Waals surface area contributed by atoms with E-state index in [0.717, 1.165) is 98.5 Å². The number of nitrogens with one attached hydrogen (secondary N) is 2. The van der Waals surface area contributed by atoms with Crippen LogP contribution in [0.1, 0.15) is 49.4 Å². The molecule has 17 heteroatoms. The van der Waals surface area contributed by atoms with E-state index in [1.165, 1.54) is 5.69 Å². The molecular weight excluding hydrogens is 799 g/mol. The molecule has 3 N–H and O–H groups in total. The van der Waals surface area contributed by atoms with Crippen molar-refractivity contribution in [1.29, 1.82) is 0 Å². The lowest BCUT2D eigenvalue weighted by Crippen LogP contribution is -2.49. The first-order chi connectivity index (χ1) is 30.4. The zero-order chi connectivity index (χ0) is 43.6. The van der Waals surface area contributed by atoms with Gasteiger partial charge in [0.15, 0.2) is 17.3 Å². The van der Waals surface area contributed by atoms with Gasteiger partial charge in [-0.05, 0) is 99.0 Å². The Bertz CT molecular complexity index is 2840. The van der Waals surface area contributed by atoms with Crippen LogP contribution < -0.4 is 30.9 Å². The topological polar surface area (TPSA) is 175 Å². The number of hydrogen-bond acceptors (Lipinski definition) is 12. The van der Waals surface area contributed by atoms with E-state index in [1.807, 2.05) is 23.9 Å². The molecule has 7 heterocycles. The van der Waals surface area contributed by atoms with Gasteiger partial charge in [0, 0.05) is 94.5 Å². The summed E-state index contributed by atoms with van der Waals surface area (Å²) in [7, 11) is 1.90. The standard InChI is InChI=1S/C46H53N13O4/c1-5-17-58-43(61)35-27-47-44(51-41(35)59(58)38-11-6-31-12-16-46(3,63)40(31)49-38)48-32-7-10-36(29(2)25-32)56-23-21-54(22-24-56)28-30-13-18-55(19-14-30)33-8-9-34-37(26-33)53(4)52-42(34)57-20-15-39(60)50-45(57)62/h5-11,25-27,30,63H,1,12-24,28H2,2-4H3,(H,47,48,51)(H,50,60,62)/t46-/m1/s1. The summed E-state index contributed by atoms with van der Waals surface area (Å²) < 4.78 is 5.07. The smallest absolute Gasteiger partial charge is 0.329 e. The summed E-state index contributed by atoms with van der Waals surface area (Å²) in [6.45, 7) is 15.4. The molecule has 4 aliphatic rings. The zero-order valence-electron chi connectivity index (χ0n) is 36.0. The summed E-state index contributed by atoms with van der Waals surface area (Å²) in [4.78, 5) is 61.1. The summed E-state index contributed by atoms with van der Waals surface area (Å²) in [5, 5.41) is 22.7. The second-order valence-corrected chi connectivity index (χ2v) is 17.6. The summed E-state index contributed by atoms with van der Waals surface area (Å²) in [6, 6.07) is 16.1. The Balaban J connectivity index is 0.755. The maximum atomic E-state index is 13.5. The SMILES string of the molecule is C=CCn1c(=O)c2cnc(Nc3ccc(N4CCN(CC5CCN(c6ccc7c(N8CCC(=O)NC8=O)nn(C)c7c6)CC5)CC4)c(C)c3)nc2n1-c1ccc2c(n1)[C@](C)(O)CC2. The molecule has 3 saturated heterocycles. The predicted octanol–water partition coefficient (Wildman–Crippen LogP) is 4.74. The molecule has 63 heavy (non-hydrogen) atoms. The first-order valence-electron chi connectivity index (χ1n) is 21.9. The Morgan fingerprint density at radius 1 is 0.937 bits per heavy atom. The Hall–Kier alpha value is -6.59. The summed E-state index contributed by atoms with van der Waals surface area (Å²) in [5.41, 5.74) is 6.12. The molecule has 3 fully saturated rings. The molecule has 3 aliphatic heterocycles. The van der Waals surface area contributed by atoms with Crippen molar-refractivity contribution in [3.8, 4) is 5.82 Å². The lowest BCUT2D eigenvalue weighted by atomic mass is 9.95. The van der Waals surface area contributed by atoms with Crippen molar-refractivity contribution in [2.24, 2.45) is 13.0 Å². The van der Waals surface area contributed by atoms with Crippen molar-refractivity contribution in [2.75, 3.05) is 72.4 Å². The molecule has 0 unspecified atom stereocenters. The molecule has 0 saturated carbocycles. The highest BCUT2D eigenvalue weighted by Gasteiger charge is 2.35. The molecule has 326 valence electrons. The molecule has 17 nitrogen and oxygen atoms in total. The predicted molar refractivity (Wildman–Crippen MR) is 243 cm³/mol. The summed E-state index contributed by atoms with van der Waals surface area (Å²) in [6.07, 6.45) is 7.10. The van der Waals surface area contributed by atoms with Crippen molar-refractivity contribution >= 4 is 62.7 Å². The minimum atomic E-state index is -1.04. The van der Waals surface area contributed by atoms with Crippen molar-refractivity contribution in [1.82, 2.24) is 44.3 Å². The maximum absolute atomic E-state index is 13.5. The first-order valence-corrected chi connectivity index (χ1v) is 21.9. The van der Waals surface area contributed by atoms with Gasteiger partial charge in [-0.25, -0.2) is 24.1 Å². The van der Waals surface area contributed by atoms with Gasteiger partial charge in [-0.2, -0.15) is 10.1 Å². The highest BCUT2D eigenvalue weighted by molar-refractivity contribution is 6.09. The minimum absolute atomic E-state index is 0.240. The summed E-state index contributed by atoms with van der Waals surface area (Å²) in [5.74, 6) is 1.83. The number of carbonyl (C=O) groups excluding carboxylic acids is 2. The van der Waals surface area contributed by atoms with Crippen molar-refractivity contribution in [3.05, 3.63) is 94.6 Å². The van der Waals surface area contributed by atoms with E-state index in [4.69, 9.17) is 9.97 Å². The number of urea groups is 1. The number of rotatable bonds is 10. The molecule has 6 aromatic rings. The van der Waals surface area contributed by atoms with Gasteiger partial charge < -0.3 is 20.2 Å². The number of nitrogens with zero attached hydrogens (tertiary/aromatic N) is 11. The number of carbonyl (C=O) groups is 2. The molecular formula is C46H53N13O4. The number of anilines is 5. The van der Waals surface area contributed by atoms with Crippen LogP contribution in [0.2, 0.25) is 0 Å². The van der Waals surface area contributed by atoms with Crippen molar-refractivity contribution < 1.29 is 14.7 Å². The number of fused-ring (bicyclic) bond motifs is 3. The molecule has 0 radical (unpaired) electrons. The molecule has 1 atom stereocenters. The number of hydrogen-bond donors (Lipinski definition) is 3. The number of pyridine rings is 1. The van der Waals surface area contributed by atoms with Crippen molar-refractivity contribution in [3.63, 3.8) is 0 Å². The Kier molecular flexibility index (Phi) is 10.2. The van der Waals surface area contributed by atoms with E-state index in [9.17, 15) is 19.5 Å². The van der Waals surface area contributed by atoms with Crippen LogP contribution in [0.3, 0.4) is 0 Å². The zero-order valence-corrected chi connectivity index (χ0v) is 36.0. The van der Waals surface area contributed by atoms with Crippen LogP contribution >= 0.6 is 0 Å². The number of imide groups is 1. The fourth-order valence-corrected chi connectivity index (χ4v) is 9.89. The molecule has 2 aromatic carbocycles. The van der Waals surface area contributed by atoms with Gasteiger partial charge >= 0.3 is 6.03 Å². The van der Waals surface area contributed by atoms with Gasteiger partial charge in [0.1, 0.15) is 11.0 Å². The number of piperidine rings is 1. The van der Waals surface area contributed by atoms with Gasteiger partial charge in [0.2, 0.25) is 11.9 Å². The van der Waals surface area contributed by atoms with E-state index < -0.39 is 11.6 Å². The molecule has 0 bridgehead atoms. The molecule has 4 aromatic heterocycles. The number of benzene rings is 2. The lowest BCUT2D eigenvalue weighted by molar-refractivity contribution is -0.120. The normalized spacial score (nSPS) is 19.9. The van der Waals surface area contributed by atoms with Crippen LogP contribution in [0.5, 0.6) is 0 Å². The number of piperazine rings is 1. The Morgan fingerprint density at radius 2 is 1.75 bits per heavy atom. The summed E-state index contributed by atoms with van der Waals surface area (Å²) >= 11 is 0. The minimum Gasteiger partial charge on any atom is -0.384 e. The third kappa shape index (κ3) is 7.48. The fourth-order valence-electron chi connectivity index (χ4n) is 9.89. The molecule has 10 rings (SSSR count). The van der Waals surface area contributed by atoms with E-state index in [-0.39, 0.29) is 24.4 Å². The second-order valence-electron chi connectivity index (χ2n) is 17.6. The van der Waals surface area contributed by atoms with E-state index in [0.29, 0.717) is 53.2 Å². The second kappa shape index (κ2) is 16.0. The molecule has 1 aliphatic carbocycles. The first kappa shape index (κ1) is 40.5. The number of allylic oxidation sites excluding steroid dienone is 1. The van der Waals surface area contributed by atoms with E-state index in [2.05, 4.69) is 85.3 Å². The highest BCUT2D eigenvalue weighted by Crippen LogP contribution is 2.36. The third-order valence-corrected chi connectivity index (χ3v) is 13.3. The monoisotopic (exact) mass is 851 g/mol. The third-order valence-electron chi connectivity index (χ3n) is 13.3. The largest absolute Gasteiger partial charge is 0.384 e. The van der Waals surface area contributed by atoms with Crippen LogP contribution in [0.15, 0.2) is 72.2 Å². The number of amides is 3. The lowest BCUT2D eigenvalue weighted by Gasteiger charge is -2.40. The maximum Gasteiger partial charge on any atom is 0.329 e. The van der Waals surface area contributed by atoms with Crippen LogP contribution in [0, 0.1) is 12.8 Å². The quantitative estimate of drug-likeness (QED) is 0.162. The van der Waals surface area contributed by atoms with Gasteiger partial charge in [-0.15, -0.1) is 6.58 Å². The highest BCUT2D eigenvalue weighted by atomic mass is 16.3. The van der Waals surface area contributed by atoms with E-state index in [1.54, 1.807) is 33.5 Å². The Labute approximate surface area is 364 Å². The van der Waals surface area contributed by atoms with Crippen LogP contribution in [0.4, 0.5) is 33.6 Å². The van der Waals surface area contributed by atoms with Crippen LogP contribution in [-0.4, -0.2) is 108 Å². The average molecular weight is 852 g/mol. The van der Waals surface area contributed by atoms with Crippen LogP contribution in [-0.2, 0) is 30.4 Å². The average Bonchev–Trinajstić information content (AvgIpc) is 3.87. The van der Waals surface area contributed by atoms with Gasteiger partial charge in [-0.3, -0.25) is 29.4 Å². The number of aliphatic hydroxyl groups is 1.